The van der Waals surface area contributed by atoms with Gasteiger partial charge in [0.15, 0.2) is 0 Å². The standard InChI is InChI=1S/C13H17N3O2/c1-9-12(3-2-4-13(9)16(17)18)15-7-10-5-14-6-11(10)8-15/h2-4,10-11,14H,5-8H2,1H3/t10-,11+. The molecule has 0 aliphatic carbocycles. The van der Waals surface area contributed by atoms with Crippen molar-refractivity contribution in [1.29, 1.82) is 0 Å². The van der Waals surface area contributed by atoms with Crippen molar-refractivity contribution < 1.29 is 4.92 Å². The molecule has 18 heavy (non-hydrogen) atoms. The molecule has 0 unspecified atom stereocenters. The van der Waals surface area contributed by atoms with Gasteiger partial charge in [0.05, 0.1) is 10.5 Å². The Hall–Kier alpha value is -1.62. The van der Waals surface area contributed by atoms with Crippen molar-refractivity contribution in [3.63, 3.8) is 0 Å². The largest absolute Gasteiger partial charge is 0.370 e. The van der Waals surface area contributed by atoms with Crippen molar-refractivity contribution in [2.75, 3.05) is 31.1 Å². The summed E-state index contributed by atoms with van der Waals surface area (Å²) in [5.74, 6) is 1.40. The Morgan fingerprint density at radius 2 is 2.00 bits per heavy atom. The van der Waals surface area contributed by atoms with Crippen molar-refractivity contribution >= 4 is 11.4 Å². The van der Waals surface area contributed by atoms with Crippen LogP contribution in [0.4, 0.5) is 11.4 Å². The number of nitrogens with zero attached hydrogens (tertiary/aromatic N) is 2. The smallest absolute Gasteiger partial charge is 0.274 e. The second-order valence-electron chi connectivity index (χ2n) is 5.26. The highest BCUT2D eigenvalue weighted by molar-refractivity contribution is 5.62. The quantitative estimate of drug-likeness (QED) is 0.636. The predicted molar refractivity (Wildman–Crippen MR) is 69.9 cm³/mol. The van der Waals surface area contributed by atoms with Crippen LogP contribution in [-0.2, 0) is 0 Å². The molecule has 96 valence electrons. The van der Waals surface area contributed by atoms with Crippen LogP contribution in [0.2, 0.25) is 0 Å². The fourth-order valence-corrected chi connectivity index (χ4v) is 3.20. The SMILES string of the molecule is Cc1c(N2C[C@H]3CNC[C@H]3C2)cccc1[N+](=O)[O-]. The molecule has 2 fully saturated rings. The van der Waals surface area contributed by atoms with Crippen LogP contribution >= 0.6 is 0 Å². The summed E-state index contributed by atoms with van der Waals surface area (Å²) in [4.78, 5) is 13.0. The summed E-state index contributed by atoms with van der Waals surface area (Å²) in [5, 5.41) is 14.4. The van der Waals surface area contributed by atoms with E-state index in [0.717, 1.165) is 37.4 Å². The van der Waals surface area contributed by atoms with E-state index < -0.39 is 0 Å². The third-order valence-corrected chi connectivity index (χ3v) is 4.20. The molecule has 0 spiro atoms. The lowest BCUT2D eigenvalue weighted by atomic mass is 10.0. The molecule has 1 aromatic rings. The molecule has 2 saturated heterocycles. The molecule has 0 radical (unpaired) electrons. The maximum atomic E-state index is 11.0. The van der Waals surface area contributed by atoms with E-state index in [1.165, 1.54) is 0 Å². The number of nitrogens with one attached hydrogen (secondary N) is 1. The van der Waals surface area contributed by atoms with Gasteiger partial charge in [0.1, 0.15) is 0 Å². The van der Waals surface area contributed by atoms with Crippen molar-refractivity contribution in [3.8, 4) is 0 Å². The zero-order chi connectivity index (χ0) is 12.7. The Bertz CT molecular complexity index is 477. The van der Waals surface area contributed by atoms with Gasteiger partial charge < -0.3 is 10.2 Å². The number of benzene rings is 1. The molecule has 0 saturated carbocycles. The molecule has 5 nitrogen and oxygen atoms in total. The summed E-state index contributed by atoms with van der Waals surface area (Å²) in [7, 11) is 0. The summed E-state index contributed by atoms with van der Waals surface area (Å²) in [6.07, 6.45) is 0. The van der Waals surface area contributed by atoms with E-state index in [2.05, 4.69) is 10.2 Å². The van der Waals surface area contributed by atoms with Gasteiger partial charge >= 0.3 is 0 Å². The van der Waals surface area contributed by atoms with E-state index in [0.29, 0.717) is 11.8 Å². The van der Waals surface area contributed by atoms with E-state index in [1.807, 2.05) is 13.0 Å². The third-order valence-electron chi connectivity index (χ3n) is 4.20. The average Bonchev–Trinajstić information content (AvgIpc) is 2.89. The van der Waals surface area contributed by atoms with Crippen LogP contribution in [0.5, 0.6) is 0 Å². The zero-order valence-electron chi connectivity index (χ0n) is 10.4. The molecule has 0 amide bonds. The minimum Gasteiger partial charge on any atom is -0.370 e. The predicted octanol–water partition coefficient (Wildman–Crippen LogP) is 1.56. The highest BCUT2D eigenvalue weighted by Gasteiger charge is 2.37. The topological polar surface area (TPSA) is 58.4 Å². The van der Waals surface area contributed by atoms with Crippen molar-refractivity contribution in [1.82, 2.24) is 5.32 Å². The molecule has 2 atom stereocenters. The zero-order valence-corrected chi connectivity index (χ0v) is 10.4. The van der Waals surface area contributed by atoms with Gasteiger partial charge in [0.25, 0.3) is 5.69 Å². The van der Waals surface area contributed by atoms with Crippen molar-refractivity contribution in [2.45, 2.75) is 6.92 Å². The van der Waals surface area contributed by atoms with E-state index in [9.17, 15) is 10.1 Å². The Kier molecular flexibility index (Phi) is 2.70. The van der Waals surface area contributed by atoms with E-state index in [4.69, 9.17) is 0 Å². The summed E-state index contributed by atoms with van der Waals surface area (Å²) < 4.78 is 0. The third kappa shape index (κ3) is 1.75. The van der Waals surface area contributed by atoms with Crippen LogP contribution in [0.1, 0.15) is 5.56 Å². The van der Waals surface area contributed by atoms with Crippen molar-refractivity contribution in [2.24, 2.45) is 11.8 Å². The van der Waals surface area contributed by atoms with E-state index in [1.54, 1.807) is 12.1 Å². The normalized spacial score (nSPS) is 26.4. The number of anilines is 1. The Balaban J connectivity index is 1.89. The summed E-state index contributed by atoms with van der Waals surface area (Å²) in [6.45, 7) is 6.03. The van der Waals surface area contributed by atoms with Crippen LogP contribution in [-0.4, -0.2) is 31.1 Å². The average molecular weight is 247 g/mol. The first-order valence-electron chi connectivity index (χ1n) is 6.36. The second kappa shape index (κ2) is 4.24. The molecule has 2 aliphatic heterocycles. The molecule has 1 N–H and O–H groups in total. The van der Waals surface area contributed by atoms with Gasteiger partial charge in [-0.15, -0.1) is 0 Å². The van der Waals surface area contributed by atoms with Gasteiger partial charge in [0.2, 0.25) is 0 Å². The molecule has 0 aromatic heterocycles. The summed E-state index contributed by atoms with van der Waals surface area (Å²) >= 11 is 0. The molecule has 1 aromatic carbocycles. The highest BCUT2D eigenvalue weighted by Crippen LogP contribution is 2.34. The Morgan fingerprint density at radius 1 is 1.33 bits per heavy atom. The van der Waals surface area contributed by atoms with Gasteiger partial charge in [-0.25, -0.2) is 0 Å². The number of nitro benzene ring substituents is 1. The first-order valence-corrected chi connectivity index (χ1v) is 6.36. The number of nitro groups is 1. The fraction of sp³-hybridized carbons (Fsp3) is 0.538. The van der Waals surface area contributed by atoms with Crippen LogP contribution in [0.3, 0.4) is 0 Å². The van der Waals surface area contributed by atoms with Gasteiger partial charge in [0, 0.05) is 37.9 Å². The summed E-state index contributed by atoms with van der Waals surface area (Å²) in [5.41, 5.74) is 2.04. The summed E-state index contributed by atoms with van der Waals surface area (Å²) in [6, 6.07) is 5.36. The number of rotatable bonds is 2. The lowest BCUT2D eigenvalue weighted by Gasteiger charge is -2.21. The van der Waals surface area contributed by atoms with E-state index in [-0.39, 0.29) is 10.6 Å². The lowest BCUT2D eigenvalue weighted by molar-refractivity contribution is -0.385. The van der Waals surface area contributed by atoms with Crippen LogP contribution in [0, 0.1) is 28.9 Å². The highest BCUT2D eigenvalue weighted by atomic mass is 16.6. The number of fused-ring (bicyclic) bond motifs is 1. The second-order valence-corrected chi connectivity index (χ2v) is 5.26. The maximum Gasteiger partial charge on any atom is 0.274 e. The minimum atomic E-state index is -0.294. The van der Waals surface area contributed by atoms with Gasteiger partial charge in [-0.05, 0) is 24.8 Å². The van der Waals surface area contributed by atoms with Crippen LogP contribution < -0.4 is 10.2 Å². The maximum absolute atomic E-state index is 11.0. The monoisotopic (exact) mass is 247 g/mol. The molecule has 5 heteroatoms. The first kappa shape index (κ1) is 11.5. The Morgan fingerprint density at radius 3 is 2.61 bits per heavy atom. The minimum absolute atomic E-state index is 0.225. The molecular formula is C13H17N3O2. The van der Waals surface area contributed by atoms with Crippen LogP contribution in [0.25, 0.3) is 0 Å². The number of hydrogen-bond donors (Lipinski definition) is 1. The van der Waals surface area contributed by atoms with Gasteiger partial charge in [-0.3, -0.25) is 10.1 Å². The van der Waals surface area contributed by atoms with Gasteiger partial charge in [-0.2, -0.15) is 0 Å². The first-order chi connectivity index (χ1) is 8.66. The molecule has 0 bridgehead atoms. The molecule has 3 rings (SSSR count). The molecular weight excluding hydrogens is 230 g/mol. The van der Waals surface area contributed by atoms with Crippen molar-refractivity contribution in [3.05, 3.63) is 33.9 Å². The molecule has 2 heterocycles. The lowest BCUT2D eigenvalue weighted by Crippen LogP contribution is -2.26. The molecule has 2 aliphatic rings. The van der Waals surface area contributed by atoms with E-state index >= 15 is 0 Å². The fourth-order valence-electron chi connectivity index (χ4n) is 3.20. The van der Waals surface area contributed by atoms with Crippen LogP contribution in [0.15, 0.2) is 18.2 Å². The Labute approximate surface area is 106 Å². The van der Waals surface area contributed by atoms with Gasteiger partial charge in [-0.1, -0.05) is 6.07 Å². The number of hydrogen-bond acceptors (Lipinski definition) is 4.